The van der Waals surface area contributed by atoms with Crippen molar-refractivity contribution < 1.29 is 4.74 Å². The molecule has 4 aromatic rings. The normalized spacial score (nSPS) is 21.3. The Morgan fingerprint density at radius 3 is 2.37 bits per heavy atom. The molecule has 1 aliphatic heterocycles. The van der Waals surface area contributed by atoms with E-state index in [-0.39, 0.29) is 23.1 Å². The molecule has 1 aromatic heterocycles. The monoisotopic (exact) mass is 492 g/mol. The van der Waals surface area contributed by atoms with Gasteiger partial charge in [0, 0.05) is 27.6 Å². The Bertz CT molecular complexity index is 1780. The maximum atomic E-state index is 8.68. The smallest absolute Gasteiger partial charge is 0.217 e. The van der Waals surface area contributed by atoms with Gasteiger partial charge in [0.15, 0.2) is 0 Å². The summed E-state index contributed by atoms with van der Waals surface area (Å²) < 4.78 is 6.14. The van der Waals surface area contributed by atoms with Crippen LogP contribution in [-0.2, 0) is 4.74 Å². The fourth-order valence-corrected chi connectivity index (χ4v) is 5.36. The number of rotatable bonds is 3. The first-order chi connectivity index (χ1) is 18.5. The third-order valence-corrected chi connectivity index (χ3v) is 7.46. The van der Waals surface area contributed by atoms with Gasteiger partial charge in [0.05, 0.1) is 22.6 Å². The van der Waals surface area contributed by atoms with Gasteiger partial charge in [-0.2, -0.15) is 0 Å². The fourth-order valence-electron chi connectivity index (χ4n) is 5.36. The standard InChI is InChI=1S/C33H24N4O/c1-33-18-6-5-9-28(33)38-32(37-33)22-12-10-20(11-13-22)23-14-15-24-27(19-23)36-31(21-7-3-2-4-8-21)25-16-17-26(34)30(35)29(24)25/h2-19,28,34-35H,1H3. The lowest BCUT2D eigenvalue weighted by molar-refractivity contribution is 0.216. The van der Waals surface area contributed by atoms with Crippen LogP contribution >= 0.6 is 0 Å². The van der Waals surface area contributed by atoms with Crippen LogP contribution in [0.15, 0.2) is 108 Å². The number of pyridine rings is 1. The fraction of sp³-hybridized carbons (Fsp3) is 0.0909. The van der Waals surface area contributed by atoms with Gasteiger partial charge in [-0.25, -0.2) is 9.98 Å². The van der Waals surface area contributed by atoms with E-state index in [1.54, 1.807) is 6.08 Å². The van der Waals surface area contributed by atoms with Gasteiger partial charge in [-0.15, -0.1) is 0 Å². The first-order valence-electron chi connectivity index (χ1n) is 12.6. The number of hydrogen-bond donors (Lipinski definition) is 2. The van der Waals surface area contributed by atoms with E-state index in [1.165, 1.54) is 0 Å². The number of hydrogen-bond acceptors (Lipinski definition) is 5. The predicted octanol–water partition coefficient (Wildman–Crippen LogP) is 7.01. The maximum absolute atomic E-state index is 8.68. The Kier molecular flexibility index (Phi) is 4.88. The summed E-state index contributed by atoms with van der Waals surface area (Å²) in [7, 11) is 0. The number of ether oxygens (including phenoxy) is 1. The molecule has 0 amide bonds. The first kappa shape index (κ1) is 22.3. The minimum Gasteiger partial charge on any atom is -0.467 e. The van der Waals surface area contributed by atoms with Crippen LogP contribution in [0.5, 0.6) is 0 Å². The zero-order chi connectivity index (χ0) is 25.9. The van der Waals surface area contributed by atoms with Crippen LogP contribution in [0.4, 0.5) is 0 Å². The minimum atomic E-state index is -0.360. The molecule has 0 fully saturated rings. The summed E-state index contributed by atoms with van der Waals surface area (Å²) in [6.07, 6.45) is 11.7. The summed E-state index contributed by atoms with van der Waals surface area (Å²) in [5.74, 6) is 0.661. The molecular weight excluding hydrogens is 468 g/mol. The molecule has 3 aliphatic rings. The van der Waals surface area contributed by atoms with Crippen molar-refractivity contribution in [3.05, 3.63) is 120 Å². The highest BCUT2D eigenvalue weighted by Gasteiger charge is 2.39. The largest absolute Gasteiger partial charge is 0.467 e. The van der Waals surface area contributed by atoms with E-state index in [9.17, 15) is 0 Å². The second-order valence-electron chi connectivity index (χ2n) is 9.97. The van der Waals surface area contributed by atoms with E-state index >= 15 is 0 Å². The summed E-state index contributed by atoms with van der Waals surface area (Å²) >= 11 is 0. The number of nitrogens with zero attached hydrogens (tertiary/aromatic N) is 2. The van der Waals surface area contributed by atoms with Crippen molar-refractivity contribution in [2.45, 2.75) is 18.6 Å². The molecular formula is C33H24N4O. The SMILES string of the molecule is CC12C=CC=CC1OC(c1ccc(-c3ccc4c5c(c(-c6ccccc6)nc4c3)C=CC(=N)C5=N)cc1)=N2. The third kappa shape index (κ3) is 3.47. The number of benzene rings is 3. The number of aromatic nitrogens is 1. The molecule has 0 bridgehead atoms. The van der Waals surface area contributed by atoms with Gasteiger partial charge in [0.1, 0.15) is 11.6 Å². The van der Waals surface area contributed by atoms with Crippen molar-refractivity contribution in [3.8, 4) is 22.4 Å². The lowest BCUT2D eigenvalue weighted by Gasteiger charge is -2.23. The topological polar surface area (TPSA) is 82.2 Å². The van der Waals surface area contributed by atoms with E-state index in [0.717, 1.165) is 50.0 Å². The van der Waals surface area contributed by atoms with E-state index in [1.807, 2.05) is 72.8 Å². The van der Waals surface area contributed by atoms with Crippen molar-refractivity contribution in [1.82, 2.24) is 4.98 Å². The lowest BCUT2D eigenvalue weighted by atomic mass is 9.87. The molecule has 2 unspecified atom stereocenters. The van der Waals surface area contributed by atoms with Crippen molar-refractivity contribution in [3.63, 3.8) is 0 Å². The van der Waals surface area contributed by atoms with Crippen LogP contribution in [0.1, 0.15) is 23.6 Å². The van der Waals surface area contributed by atoms with Gasteiger partial charge < -0.3 is 4.74 Å². The average Bonchev–Trinajstić information content (AvgIpc) is 3.32. The van der Waals surface area contributed by atoms with Crippen LogP contribution < -0.4 is 0 Å². The average molecular weight is 493 g/mol. The first-order valence-corrected chi connectivity index (χ1v) is 12.6. The molecule has 2 atom stereocenters. The molecule has 0 spiro atoms. The van der Waals surface area contributed by atoms with Gasteiger partial charge in [-0.1, -0.05) is 72.8 Å². The van der Waals surface area contributed by atoms with E-state index < -0.39 is 0 Å². The van der Waals surface area contributed by atoms with Crippen LogP contribution in [0, 0.1) is 10.8 Å². The molecule has 2 aliphatic carbocycles. The number of aliphatic imine (C=N–C) groups is 1. The lowest BCUT2D eigenvalue weighted by Crippen LogP contribution is -2.32. The zero-order valence-corrected chi connectivity index (χ0v) is 20.8. The predicted molar refractivity (Wildman–Crippen MR) is 154 cm³/mol. The highest BCUT2D eigenvalue weighted by Crippen LogP contribution is 2.36. The van der Waals surface area contributed by atoms with Crippen LogP contribution in [-0.4, -0.2) is 33.9 Å². The van der Waals surface area contributed by atoms with Crippen molar-refractivity contribution in [2.24, 2.45) is 4.99 Å². The molecule has 2 N–H and O–H groups in total. The van der Waals surface area contributed by atoms with E-state index in [4.69, 9.17) is 25.5 Å². The van der Waals surface area contributed by atoms with Crippen molar-refractivity contribution in [1.29, 1.82) is 10.8 Å². The highest BCUT2D eigenvalue weighted by molar-refractivity contribution is 6.54. The second kappa shape index (κ2) is 8.32. The summed E-state index contributed by atoms with van der Waals surface area (Å²) in [6.45, 7) is 2.08. The van der Waals surface area contributed by atoms with Gasteiger partial charge in [0.2, 0.25) is 5.90 Å². The number of fused-ring (bicyclic) bond motifs is 4. The van der Waals surface area contributed by atoms with E-state index in [0.29, 0.717) is 5.90 Å². The van der Waals surface area contributed by atoms with Gasteiger partial charge >= 0.3 is 0 Å². The van der Waals surface area contributed by atoms with E-state index in [2.05, 4.69) is 37.3 Å². The molecule has 0 saturated heterocycles. The van der Waals surface area contributed by atoms with Gasteiger partial charge in [-0.3, -0.25) is 10.8 Å². The van der Waals surface area contributed by atoms with Crippen LogP contribution in [0.25, 0.3) is 39.4 Å². The Morgan fingerprint density at radius 1 is 0.816 bits per heavy atom. The maximum Gasteiger partial charge on any atom is 0.217 e. The molecule has 5 nitrogen and oxygen atoms in total. The molecule has 38 heavy (non-hydrogen) atoms. The molecule has 182 valence electrons. The Hall–Kier alpha value is -4.90. The summed E-state index contributed by atoms with van der Waals surface area (Å²) in [5, 5.41) is 17.8. The highest BCUT2D eigenvalue weighted by atomic mass is 16.5. The third-order valence-electron chi connectivity index (χ3n) is 7.46. The van der Waals surface area contributed by atoms with Crippen LogP contribution in [0.3, 0.4) is 0 Å². The Labute approximate surface area is 220 Å². The minimum absolute atomic E-state index is 0.0754. The summed E-state index contributed by atoms with van der Waals surface area (Å²) in [6, 6.07) is 24.4. The second-order valence-corrected chi connectivity index (χ2v) is 9.97. The molecule has 0 radical (unpaired) electrons. The Morgan fingerprint density at radius 2 is 1.58 bits per heavy atom. The molecule has 2 heterocycles. The number of allylic oxidation sites excluding steroid dienone is 3. The summed E-state index contributed by atoms with van der Waals surface area (Å²) in [4.78, 5) is 9.92. The molecule has 3 aromatic carbocycles. The van der Waals surface area contributed by atoms with Crippen LogP contribution in [0.2, 0.25) is 0 Å². The Balaban J connectivity index is 1.30. The van der Waals surface area contributed by atoms with Gasteiger partial charge in [0.25, 0.3) is 0 Å². The van der Waals surface area contributed by atoms with Crippen molar-refractivity contribution >= 4 is 34.3 Å². The molecule has 0 saturated carbocycles. The zero-order valence-electron chi connectivity index (χ0n) is 20.8. The van der Waals surface area contributed by atoms with Crippen molar-refractivity contribution in [2.75, 3.05) is 0 Å². The molecule has 7 rings (SSSR count). The summed E-state index contributed by atoms with van der Waals surface area (Å²) in [5.41, 5.74) is 7.37. The number of nitrogens with one attached hydrogen (secondary N) is 2. The quantitative estimate of drug-likeness (QED) is 0.322. The van der Waals surface area contributed by atoms with Gasteiger partial charge in [-0.05, 0) is 54.5 Å². The molecule has 5 heteroatoms.